The minimum atomic E-state index is 0.182. The van der Waals surface area contributed by atoms with Crippen molar-refractivity contribution in [3.63, 3.8) is 0 Å². The van der Waals surface area contributed by atoms with Crippen molar-refractivity contribution >= 4 is 0 Å². The minimum absolute atomic E-state index is 0.182. The zero-order chi connectivity index (χ0) is 14.5. The lowest BCUT2D eigenvalue weighted by atomic mass is 9.88. The van der Waals surface area contributed by atoms with E-state index in [-0.39, 0.29) is 5.54 Å². The summed E-state index contributed by atoms with van der Waals surface area (Å²) >= 11 is 0. The Labute approximate surface area is 118 Å². The molecule has 0 heterocycles. The molecule has 0 aliphatic rings. The molecule has 0 saturated carbocycles. The van der Waals surface area contributed by atoms with E-state index in [4.69, 9.17) is 4.74 Å². The molecule has 0 aliphatic heterocycles. The van der Waals surface area contributed by atoms with Crippen molar-refractivity contribution in [1.82, 2.24) is 5.32 Å². The second kappa shape index (κ2) is 6.95. The van der Waals surface area contributed by atoms with E-state index in [9.17, 15) is 0 Å². The molecule has 1 aromatic rings. The topological polar surface area (TPSA) is 21.3 Å². The summed E-state index contributed by atoms with van der Waals surface area (Å²) in [5.41, 5.74) is 1.54. The third kappa shape index (κ3) is 5.65. The van der Waals surface area contributed by atoms with E-state index < -0.39 is 0 Å². The van der Waals surface area contributed by atoms with Gasteiger partial charge in [-0.05, 0) is 63.8 Å². The molecular weight excluding hydrogens is 234 g/mol. The van der Waals surface area contributed by atoms with Crippen molar-refractivity contribution in [2.75, 3.05) is 13.2 Å². The number of hydrogen-bond donors (Lipinski definition) is 1. The van der Waals surface area contributed by atoms with Crippen molar-refractivity contribution in [2.45, 2.75) is 53.0 Å². The van der Waals surface area contributed by atoms with Gasteiger partial charge < -0.3 is 10.1 Å². The minimum Gasteiger partial charge on any atom is -0.494 e. The Kier molecular flexibility index (Phi) is 5.86. The summed E-state index contributed by atoms with van der Waals surface area (Å²) in [7, 11) is 0. The van der Waals surface area contributed by atoms with Crippen molar-refractivity contribution < 1.29 is 4.74 Å². The summed E-state index contributed by atoms with van der Waals surface area (Å²) in [5, 5.41) is 3.58. The molecule has 0 aliphatic carbocycles. The molecule has 0 aromatic heterocycles. The van der Waals surface area contributed by atoms with Crippen LogP contribution in [0.4, 0.5) is 0 Å². The van der Waals surface area contributed by atoms with Crippen LogP contribution in [0.5, 0.6) is 5.75 Å². The van der Waals surface area contributed by atoms with Crippen LogP contribution < -0.4 is 10.1 Å². The van der Waals surface area contributed by atoms with Crippen LogP contribution >= 0.6 is 0 Å². The molecule has 2 heteroatoms. The summed E-state index contributed by atoms with van der Waals surface area (Å²) in [6.45, 7) is 15.0. The first-order valence-electron chi connectivity index (χ1n) is 7.31. The van der Waals surface area contributed by atoms with E-state index in [1.54, 1.807) is 0 Å². The van der Waals surface area contributed by atoms with Crippen molar-refractivity contribution in [3.8, 4) is 5.75 Å². The Morgan fingerprint density at radius 3 is 2.47 bits per heavy atom. The van der Waals surface area contributed by atoms with Gasteiger partial charge in [-0.3, -0.25) is 0 Å². The highest BCUT2D eigenvalue weighted by Crippen LogP contribution is 2.27. The first-order chi connectivity index (χ1) is 8.83. The maximum atomic E-state index is 5.58. The van der Waals surface area contributed by atoms with Gasteiger partial charge >= 0.3 is 0 Å². The molecule has 0 amide bonds. The van der Waals surface area contributed by atoms with Crippen molar-refractivity contribution in [3.05, 3.63) is 29.8 Å². The lowest BCUT2D eigenvalue weighted by Gasteiger charge is -2.27. The summed E-state index contributed by atoms with van der Waals surface area (Å²) in [5.74, 6) is 2.09. The number of rotatable bonds is 6. The molecular formula is C17H29NO. The highest BCUT2D eigenvalue weighted by Gasteiger charge is 2.17. The fraction of sp³-hybridized carbons (Fsp3) is 0.647. The molecule has 108 valence electrons. The monoisotopic (exact) mass is 263 g/mol. The van der Waals surface area contributed by atoms with E-state index in [1.165, 1.54) is 5.56 Å². The van der Waals surface area contributed by atoms with Crippen LogP contribution in [-0.4, -0.2) is 18.7 Å². The van der Waals surface area contributed by atoms with Gasteiger partial charge in [0, 0.05) is 5.54 Å². The number of benzene rings is 1. The van der Waals surface area contributed by atoms with E-state index in [0.29, 0.717) is 11.8 Å². The van der Waals surface area contributed by atoms with Gasteiger partial charge in [-0.2, -0.15) is 0 Å². The summed E-state index contributed by atoms with van der Waals surface area (Å²) in [6.07, 6.45) is 0. The fourth-order valence-electron chi connectivity index (χ4n) is 2.03. The van der Waals surface area contributed by atoms with Gasteiger partial charge in [-0.1, -0.05) is 26.0 Å². The Balaban J connectivity index is 2.65. The first kappa shape index (κ1) is 16.0. The largest absolute Gasteiger partial charge is 0.494 e. The highest BCUT2D eigenvalue weighted by molar-refractivity contribution is 5.30. The first-order valence-corrected chi connectivity index (χ1v) is 7.31. The molecule has 1 rings (SSSR count). The van der Waals surface area contributed by atoms with Crippen LogP contribution in [-0.2, 0) is 0 Å². The number of nitrogens with one attached hydrogen (secondary N) is 1. The van der Waals surface area contributed by atoms with E-state index in [0.717, 1.165) is 18.9 Å². The van der Waals surface area contributed by atoms with Crippen LogP contribution in [0.3, 0.4) is 0 Å². The van der Waals surface area contributed by atoms with E-state index in [1.807, 2.05) is 13.0 Å². The second-order valence-electron chi connectivity index (χ2n) is 6.40. The van der Waals surface area contributed by atoms with Crippen LogP contribution in [0.25, 0.3) is 0 Å². The molecule has 0 saturated heterocycles. The van der Waals surface area contributed by atoms with Crippen LogP contribution in [0, 0.1) is 5.92 Å². The molecule has 2 unspecified atom stereocenters. The molecule has 0 spiro atoms. The highest BCUT2D eigenvalue weighted by atomic mass is 16.5. The third-order valence-corrected chi connectivity index (χ3v) is 3.50. The van der Waals surface area contributed by atoms with Crippen LogP contribution in [0.15, 0.2) is 24.3 Å². The Morgan fingerprint density at radius 2 is 1.89 bits per heavy atom. The molecule has 2 nitrogen and oxygen atoms in total. The average Bonchev–Trinajstić information content (AvgIpc) is 2.35. The number of hydrogen-bond acceptors (Lipinski definition) is 2. The molecule has 0 fully saturated rings. The lowest BCUT2D eigenvalue weighted by Crippen LogP contribution is -2.39. The van der Waals surface area contributed by atoms with Gasteiger partial charge in [0.2, 0.25) is 0 Å². The summed E-state index contributed by atoms with van der Waals surface area (Å²) < 4.78 is 5.58. The van der Waals surface area contributed by atoms with Gasteiger partial charge in [0.05, 0.1) is 6.61 Å². The zero-order valence-electron chi connectivity index (χ0n) is 13.3. The number of ether oxygens (including phenoxy) is 1. The quantitative estimate of drug-likeness (QED) is 0.830. The average molecular weight is 263 g/mol. The molecule has 19 heavy (non-hydrogen) atoms. The van der Waals surface area contributed by atoms with E-state index in [2.05, 4.69) is 58.1 Å². The van der Waals surface area contributed by atoms with Gasteiger partial charge in [0.1, 0.15) is 5.75 Å². The van der Waals surface area contributed by atoms with E-state index >= 15 is 0 Å². The molecule has 1 N–H and O–H groups in total. The van der Waals surface area contributed by atoms with Crippen molar-refractivity contribution in [2.24, 2.45) is 5.92 Å². The standard InChI is InChI=1S/C17H29NO/c1-7-19-16-10-8-9-15(11-16)14(3)13(2)12-18-17(4,5)6/h8-11,13-14,18H,7,12H2,1-6H3. The molecule has 0 bridgehead atoms. The molecule has 1 aromatic carbocycles. The maximum Gasteiger partial charge on any atom is 0.119 e. The SMILES string of the molecule is CCOc1cccc(C(C)C(C)CNC(C)(C)C)c1. The van der Waals surface area contributed by atoms with Gasteiger partial charge in [-0.15, -0.1) is 0 Å². The fourth-order valence-corrected chi connectivity index (χ4v) is 2.03. The van der Waals surface area contributed by atoms with Gasteiger partial charge in [0.15, 0.2) is 0 Å². The normalized spacial score (nSPS) is 15.1. The summed E-state index contributed by atoms with van der Waals surface area (Å²) in [6, 6.07) is 8.47. The Bertz CT molecular complexity index is 381. The molecule has 0 radical (unpaired) electrons. The smallest absolute Gasteiger partial charge is 0.119 e. The van der Waals surface area contributed by atoms with Gasteiger partial charge in [-0.25, -0.2) is 0 Å². The third-order valence-electron chi connectivity index (χ3n) is 3.50. The Morgan fingerprint density at radius 1 is 1.21 bits per heavy atom. The lowest BCUT2D eigenvalue weighted by molar-refractivity contribution is 0.337. The van der Waals surface area contributed by atoms with Gasteiger partial charge in [0.25, 0.3) is 0 Å². The summed E-state index contributed by atoms with van der Waals surface area (Å²) in [4.78, 5) is 0. The molecule has 2 atom stereocenters. The predicted molar refractivity (Wildman–Crippen MR) is 82.9 cm³/mol. The Hall–Kier alpha value is -1.02. The zero-order valence-corrected chi connectivity index (χ0v) is 13.3. The predicted octanol–water partition coefficient (Wildman–Crippen LogP) is 4.21. The van der Waals surface area contributed by atoms with Crippen LogP contribution in [0.2, 0.25) is 0 Å². The maximum absolute atomic E-state index is 5.58. The van der Waals surface area contributed by atoms with Crippen molar-refractivity contribution in [1.29, 1.82) is 0 Å². The second-order valence-corrected chi connectivity index (χ2v) is 6.40. The van der Waals surface area contributed by atoms with Crippen LogP contribution in [0.1, 0.15) is 53.0 Å².